The molecule has 3 N–H and O–H groups in total. The summed E-state index contributed by atoms with van der Waals surface area (Å²) < 4.78 is 28.1. The van der Waals surface area contributed by atoms with Crippen LogP contribution in [0.3, 0.4) is 0 Å². The molecule has 0 amide bonds. The van der Waals surface area contributed by atoms with Gasteiger partial charge in [0.05, 0.1) is 13.2 Å². The molecule has 0 radical (unpaired) electrons. The lowest BCUT2D eigenvalue weighted by Crippen LogP contribution is -2.02. The number of rotatable bonds is 8. The van der Waals surface area contributed by atoms with Crippen molar-refractivity contribution < 1.29 is 13.9 Å². The summed E-state index contributed by atoms with van der Waals surface area (Å²) in [6.45, 7) is 4.03. The summed E-state index contributed by atoms with van der Waals surface area (Å²) in [6, 6.07) is 12.1. The first-order valence-corrected chi connectivity index (χ1v) is 9.68. The van der Waals surface area contributed by atoms with Gasteiger partial charge >= 0.3 is 0 Å². The van der Waals surface area contributed by atoms with Crippen LogP contribution in [0.25, 0.3) is 22.9 Å². The van der Waals surface area contributed by atoms with E-state index in [2.05, 4.69) is 11.7 Å². The lowest BCUT2D eigenvalue weighted by atomic mass is 10.00. The summed E-state index contributed by atoms with van der Waals surface area (Å²) in [7, 11) is 0. The van der Waals surface area contributed by atoms with Crippen molar-refractivity contribution in [2.45, 2.75) is 6.54 Å². The topological polar surface area (TPSA) is 64.1 Å². The number of aromatic nitrogens is 2. The van der Waals surface area contributed by atoms with E-state index < -0.39 is 0 Å². The van der Waals surface area contributed by atoms with Gasteiger partial charge in [-0.05, 0) is 59.7 Å². The molecule has 0 unspecified atom stereocenters. The van der Waals surface area contributed by atoms with Gasteiger partial charge in [-0.3, -0.25) is 4.68 Å². The molecule has 0 fully saturated rings. The highest BCUT2D eigenvalue weighted by Gasteiger charge is 2.14. The minimum absolute atomic E-state index is 0.0666. The Kier molecular flexibility index (Phi) is 7.30. The second kappa shape index (κ2) is 10.3. The highest BCUT2D eigenvalue weighted by Crippen LogP contribution is 2.29. The molecule has 31 heavy (non-hydrogen) atoms. The molecule has 0 saturated carbocycles. The number of aliphatic hydroxyl groups is 1. The van der Waals surface area contributed by atoms with Crippen molar-refractivity contribution in [3.8, 4) is 11.3 Å². The van der Waals surface area contributed by atoms with Gasteiger partial charge in [0.25, 0.3) is 0 Å². The molecule has 1 aromatic heterocycles. The zero-order chi connectivity index (χ0) is 22.2. The molecule has 158 valence electrons. The first kappa shape index (κ1) is 21.9. The van der Waals surface area contributed by atoms with Gasteiger partial charge < -0.3 is 10.8 Å². The van der Waals surface area contributed by atoms with Crippen LogP contribution in [-0.4, -0.2) is 21.5 Å². The highest BCUT2D eigenvalue weighted by molar-refractivity contribution is 5.85. The number of halogens is 2. The van der Waals surface area contributed by atoms with Crippen LogP contribution in [0, 0.1) is 11.6 Å². The van der Waals surface area contributed by atoms with Crippen LogP contribution in [-0.2, 0) is 6.54 Å². The maximum absolute atomic E-state index is 13.4. The number of benzene rings is 2. The van der Waals surface area contributed by atoms with Crippen molar-refractivity contribution in [2.75, 3.05) is 6.61 Å². The van der Waals surface area contributed by atoms with E-state index >= 15 is 0 Å². The fourth-order valence-corrected chi connectivity index (χ4v) is 3.01. The molecule has 0 bridgehead atoms. The molecule has 3 aromatic rings. The average Bonchev–Trinajstić information content (AvgIpc) is 3.18. The van der Waals surface area contributed by atoms with E-state index in [0.29, 0.717) is 17.9 Å². The van der Waals surface area contributed by atoms with E-state index in [-0.39, 0.29) is 18.2 Å². The Morgan fingerprint density at radius 2 is 1.71 bits per heavy atom. The van der Waals surface area contributed by atoms with Crippen molar-refractivity contribution in [1.82, 2.24) is 9.78 Å². The van der Waals surface area contributed by atoms with Gasteiger partial charge in [-0.2, -0.15) is 5.10 Å². The Morgan fingerprint density at radius 1 is 1.06 bits per heavy atom. The Labute approximate surface area is 180 Å². The summed E-state index contributed by atoms with van der Waals surface area (Å²) >= 11 is 0. The standard InChI is InChI=1S/C25H23F2N3O/c1-2-3-20(16-23(28)13-6-18-4-9-21(26)10-5-18)24-17-30(14-15-31)29-25(24)19-7-11-22(27)12-8-19/h2-13,16-17,31H,1,14-15,28H2/b13-6+,20-3+,23-16-. The van der Waals surface area contributed by atoms with Crippen molar-refractivity contribution in [2.24, 2.45) is 5.73 Å². The van der Waals surface area contributed by atoms with E-state index in [4.69, 9.17) is 5.73 Å². The van der Waals surface area contributed by atoms with Crippen LogP contribution < -0.4 is 5.73 Å². The number of hydrogen-bond donors (Lipinski definition) is 2. The molecule has 6 heteroatoms. The number of hydrogen-bond acceptors (Lipinski definition) is 3. The number of allylic oxidation sites excluding steroid dienone is 5. The van der Waals surface area contributed by atoms with E-state index in [1.807, 2.05) is 0 Å². The van der Waals surface area contributed by atoms with Gasteiger partial charge in [-0.15, -0.1) is 0 Å². The van der Waals surface area contributed by atoms with Gasteiger partial charge in [0.1, 0.15) is 17.3 Å². The summed E-state index contributed by atoms with van der Waals surface area (Å²) in [6.07, 6.45) is 10.5. The molecule has 4 nitrogen and oxygen atoms in total. The van der Waals surface area contributed by atoms with E-state index in [0.717, 1.165) is 22.3 Å². The fourth-order valence-electron chi connectivity index (χ4n) is 3.01. The predicted molar refractivity (Wildman–Crippen MR) is 121 cm³/mol. The molecule has 0 saturated heterocycles. The lowest BCUT2D eigenvalue weighted by molar-refractivity contribution is 0.269. The van der Waals surface area contributed by atoms with Gasteiger partial charge in [0.15, 0.2) is 0 Å². The highest BCUT2D eigenvalue weighted by atomic mass is 19.1. The van der Waals surface area contributed by atoms with Crippen molar-refractivity contribution in [1.29, 1.82) is 0 Å². The predicted octanol–water partition coefficient (Wildman–Crippen LogP) is 4.95. The monoisotopic (exact) mass is 419 g/mol. The zero-order valence-corrected chi connectivity index (χ0v) is 16.9. The lowest BCUT2D eigenvalue weighted by Gasteiger charge is -2.05. The van der Waals surface area contributed by atoms with Gasteiger partial charge in [-0.1, -0.05) is 36.9 Å². The fraction of sp³-hybridized carbons (Fsp3) is 0.0800. The number of aliphatic hydroxyl groups excluding tert-OH is 1. The second-order valence-electron chi connectivity index (χ2n) is 6.77. The Balaban J connectivity index is 1.99. The Bertz CT molecular complexity index is 1120. The molecule has 2 aromatic carbocycles. The third-order valence-corrected chi connectivity index (χ3v) is 4.48. The maximum Gasteiger partial charge on any atom is 0.123 e. The molecule has 0 aliphatic rings. The number of nitrogens with two attached hydrogens (primary N) is 1. The summed E-state index contributed by atoms with van der Waals surface area (Å²) in [5, 5.41) is 13.9. The molecule has 1 heterocycles. The van der Waals surface area contributed by atoms with Crippen molar-refractivity contribution in [3.63, 3.8) is 0 Å². The SMILES string of the molecule is C=C\C=C(/C=C(N)/C=C/c1ccc(F)cc1)c1cn(CCO)nc1-c1ccc(F)cc1. The van der Waals surface area contributed by atoms with Crippen LogP contribution in [0.4, 0.5) is 8.78 Å². The second-order valence-corrected chi connectivity index (χ2v) is 6.77. The normalized spacial score (nSPS) is 12.5. The first-order valence-electron chi connectivity index (χ1n) is 9.68. The van der Waals surface area contributed by atoms with E-state index in [1.54, 1.807) is 65.5 Å². The third-order valence-electron chi connectivity index (χ3n) is 4.48. The number of nitrogens with zero attached hydrogens (tertiary/aromatic N) is 2. The third kappa shape index (κ3) is 5.87. The van der Waals surface area contributed by atoms with Crippen molar-refractivity contribution >= 4 is 11.6 Å². The van der Waals surface area contributed by atoms with Crippen LogP contribution in [0.5, 0.6) is 0 Å². The van der Waals surface area contributed by atoms with E-state index in [1.165, 1.54) is 24.3 Å². The largest absolute Gasteiger partial charge is 0.399 e. The van der Waals surface area contributed by atoms with Crippen LogP contribution >= 0.6 is 0 Å². The molecular weight excluding hydrogens is 396 g/mol. The van der Waals surface area contributed by atoms with Gasteiger partial charge in [-0.25, -0.2) is 8.78 Å². The maximum atomic E-state index is 13.4. The van der Waals surface area contributed by atoms with Crippen LogP contribution in [0.2, 0.25) is 0 Å². The van der Waals surface area contributed by atoms with Crippen molar-refractivity contribution in [3.05, 3.63) is 114 Å². The minimum atomic E-state index is -0.336. The smallest absolute Gasteiger partial charge is 0.123 e. The first-order chi connectivity index (χ1) is 15.0. The Hall–Kier alpha value is -3.77. The summed E-state index contributed by atoms with van der Waals surface area (Å²) in [5.74, 6) is -0.637. The quantitative estimate of drug-likeness (QED) is 0.508. The molecular formula is C25H23F2N3O. The van der Waals surface area contributed by atoms with Crippen LogP contribution in [0.1, 0.15) is 11.1 Å². The molecule has 0 aliphatic heterocycles. The van der Waals surface area contributed by atoms with E-state index in [9.17, 15) is 13.9 Å². The van der Waals surface area contributed by atoms with Gasteiger partial charge in [0.2, 0.25) is 0 Å². The summed E-state index contributed by atoms with van der Waals surface area (Å²) in [5.41, 5.74) is 10.4. The summed E-state index contributed by atoms with van der Waals surface area (Å²) in [4.78, 5) is 0. The zero-order valence-electron chi connectivity index (χ0n) is 16.9. The van der Waals surface area contributed by atoms with Gasteiger partial charge in [0, 0.05) is 23.0 Å². The molecule has 0 aliphatic carbocycles. The van der Waals surface area contributed by atoms with Crippen LogP contribution in [0.15, 0.2) is 91.3 Å². The average molecular weight is 419 g/mol. The molecule has 0 spiro atoms. The molecule has 0 atom stereocenters. The minimum Gasteiger partial charge on any atom is -0.399 e. The Morgan fingerprint density at radius 3 is 2.32 bits per heavy atom. The molecule has 3 rings (SSSR count).